The molecular formula is C27H29N3O5. The highest BCUT2D eigenvalue weighted by molar-refractivity contribution is 6.02. The average molecular weight is 476 g/mol. The summed E-state index contributed by atoms with van der Waals surface area (Å²) in [5, 5.41) is 5.75. The molecular weight excluding hydrogens is 446 g/mol. The lowest BCUT2D eigenvalue weighted by atomic mass is 9.95. The predicted molar refractivity (Wildman–Crippen MR) is 131 cm³/mol. The number of piperidine rings is 1. The van der Waals surface area contributed by atoms with Crippen LogP contribution in [0.3, 0.4) is 0 Å². The van der Waals surface area contributed by atoms with Gasteiger partial charge in [0.15, 0.2) is 5.76 Å². The number of carbonyl (C=O) groups excluding carboxylic acids is 3. The molecule has 3 amide bonds. The first-order valence-electron chi connectivity index (χ1n) is 11.8. The lowest BCUT2D eigenvalue weighted by Gasteiger charge is -2.31. The van der Waals surface area contributed by atoms with E-state index in [1.54, 1.807) is 24.3 Å². The Morgan fingerprint density at radius 2 is 1.69 bits per heavy atom. The highest BCUT2D eigenvalue weighted by Crippen LogP contribution is 2.19. The van der Waals surface area contributed by atoms with E-state index in [9.17, 15) is 14.4 Å². The summed E-state index contributed by atoms with van der Waals surface area (Å²) in [5.41, 5.74) is 1.58. The zero-order valence-corrected chi connectivity index (χ0v) is 19.4. The number of carbonyl (C=O) groups is 3. The van der Waals surface area contributed by atoms with Gasteiger partial charge >= 0.3 is 0 Å². The third kappa shape index (κ3) is 6.96. The van der Waals surface area contributed by atoms with Crippen molar-refractivity contribution in [3.63, 3.8) is 0 Å². The Kier molecular flexibility index (Phi) is 8.17. The number of amides is 3. The minimum Gasteiger partial charge on any atom is -0.493 e. The molecule has 0 unspecified atom stereocenters. The van der Waals surface area contributed by atoms with Gasteiger partial charge in [0.25, 0.3) is 5.91 Å². The van der Waals surface area contributed by atoms with E-state index in [4.69, 9.17) is 9.15 Å². The first-order valence-corrected chi connectivity index (χ1v) is 11.8. The first-order chi connectivity index (χ1) is 17.1. The molecule has 1 saturated heterocycles. The molecule has 0 atom stereocenters. The quantitative estimate of drug-likeness (QED) is 0.490. The first kappa shape index (κ1) is 24.1. The standard InChI is InChI=1S/C27H29N3O5/c31-25(14-18-34-23-5-2-1-3-6-23)30-15-12-21(13-16-30)26(32)28-19-20-8-10-22(11-9-20)29-27(33)24-7-4-17-35-24/h1-11,17,21H,12-16,18-19H2,(H,28,32)(H,29,33). The molecule has 1 aliphatic heterocycles. The summed E-state index contributed by atoms with van der Waals surface area (Å²) in [5.74, 6) is 0.633. The Labute approximate surface area is 204 Å². The van der Waals surface area contributed by atoms with Gasteiger partial charge < -0.3 is 24.7 Å². The second kappa shape index (κ2) is 11.9. The number of furan rings is 1. The third-order valence-electron chi connectivity index (χ3n) is 5.97. The van der Waals surface area contributed by atoms with E-state index < -0.39 is 0 Å². The van der Waals surface area contributed by atoms with Crippen LogP contribution in [0.25, 0.3) is 0 Å². The van der Waals surface area contributed by atoms with E-state index in [-0.39, 0.29) is 29.4 Å². The maximum absolute atomic E-state index is 12.6. The minimum atomic E-state index is -0.315. The van der Waals surface area contributed by atoms with Gasteiger partial charge in [-0.05, 0) is 54.8 Å². The number of ether oxygens (including phenoxy) is 1. The van der Waals surface area contributed by atoms with Crippen LogP contribution < -0.4 is 15.4 Å². The van der Waals surface area contributed by atoms with Gasteiger partial charge in [0.2, 0.25) is 11.8 Å². The number of nitrogens with one attached hydrogen (secondary N) is 2. The number of hydrogen-bond donors (Lipinski definition) is 2. The summed E-state index contributed by atoms with van der Waals surface area (Å²) in [6.07, 6.45) is 3.07. The predicted octanol–water partition coefficient (Wildman–Crippen LogP) is 3.86. The summed E-state index contributed by atoms with van der Waals surface area (Å²) in [6, 6.07) is 20.0. The molecule has 1 aromatic heterocycles. The Morgan fingerprint density at radius 3 is 2.37 bits per heavy atom. The van der Waals surface area contributed by atoms with Crippen molar-refractivity contribution in [1.29, 1.82) is 0 Å². The molecule has 2 aromatic carbocycles. The van der Waals surface area contributed by atoms with Gasteiger partial charge in [-0.15, -0.1) is 0 Å². The Balaban J connectivity index is 1.14. The smallest absolute Gasteiger partial charge is 0.291 e. The fourth-order valence-electron chi connectivity index (χ4n) is 3.96. The minimum absolute atomic E-state index is 0.000270. The maximum Gasteiger partial charge on any atom is 0.291 e. The van der Waals surface area contributed by atoms with Gasteiger partial charge in [0, 0.05) is 31.2 Å². The van der Waals surface area contributed by atoms with Crippen LogP contribution in [-0.2, 0) is 16.1 Å². The van der Waals surface area contributed by atoms with E-state index in [0.717, 1.165) is 11.3 Å². The van der Waals surface area contributed by atoms with Crippen LogP contribution in [0.1, 0.15) is 35.4 Å². The number of benzene rings is 2. The Morgan fingerprint density at radius 1 is 0.943 bits per heavy atom. The van der Waals surface area contributed by atoms with Crippen molar-refractivity contribution >= 4 is 23.4 Å². The summed E-state index contributed by atoms with van der Waals surface area (Å²) in [6.45, 7) is 1.90. The van der Waals surface area contributed by atoms with Crippen LogP contribution in [0, 0.1) is 5.92 Å². The molecule has 1 aliphatic rings. The molecule has 35 heavy (non-hydrogen) atoms. The van der Waals surface area contributed by atoms with Crippen molar-refractivity contribution in [3.8, 4) is 5.75 Å². The zero-order chi connectivity index (χ0) is 24.5. The second-order valence-electron chi connectivity index (χ2n) is 8.41. The lowest BCUT2D eigenvalue weighted by molar-refractivity contribution is -0.136. The van der Waals surface area contributed by atoms with Crippen molar-refractivity contribution in [2.24, 2.45) is 5.92 Å². The molecule has 0 radical (unpaired) electrons. The van der Waals surface area contributed by atoms with Crippen molar-refractivity contribution in [2.45, 2.75) is 25.8 Å². The van der Waals surface area contributed by atoms with E-state index in [1.165, 1.54) is 6.26 Å². The van der Waals surface area contributed by atoms with Gasteiger partial charge in [0.1, 0.15) is 5.75 Å². The van der Waals surface area contributed by atoms with Gasteiger partial charge in [-0.2, -0.15) is 0 Å². The van der Waals surface area contributed by atoms with Crippen LogP contribution in [-0.4, -0.2) is 42.3 Å². The molecule has 0 bridgehead atoms. The molecule has 2 N–H and O–H groups in total. The van der Waals surface area contributed by atoms with E-state index in [1.807, 2.05) is 47.4 Å². The number of likely N-dealkylation sites (tertiary alicyclic amines) is 1. The fraction of sp³-hybridized carbons (Fsp3) is 0.296. The number of hydrogen-bond acceptors (Lipinski definition) is 5. The van der Waals surface area contributed by atoms with Crippen molar-refractivity contribution in [3.05, 3.63) is 84.3 Å². The van der Waals surface area contributed by atoms with Gasteiger partial charge in [-0.1, -0.05) is 30.3 Å². The highest BCUT2D eigenvalue weighted by atomic mass is 16.5. The molecule has 0 spiro atoms. The van der Waals surface area contributed by atoms with Crippen LogP contribution >= 0.6 is 0 Å². The Hall–Kier alpha value is -4.07. The fourth-order valence-corrected chi connectivity index (χ4v) is 3.96. The van der Waals surface area contributed by atoms with Crippen molar-refractivity contribution in [2.75, 3.05) is 25.0 Å². The zero-order valence-electron chi connectivity index (χ0n) is 19.4. The normalized spacial score (nSPS) is 13.8. The number of rotatable bonds is 9. The van der Waals surface area contributed by atoms with E-state index in [0.29, 0.717) is 51.2 Å². The summed E-state index contributed by atoms with van der Waals surface area (Å²) in [4.78, 5) is 38.9. The molecule has 1 fully saturated rings. The number of para-hydroxylation sites is 1. The van der Waals surface area contributed by atoms with E-state index >= 15 is 0 Å². The molecule has 3 aromatic rings. The average Bonchev–Trinajstić information content (AvgIpc) is 3.44. The van der Waals surface area contributed by atoms with Crippen molar-refractivity contribution in [1.82, 2.24) is 10.2 Å². The van der Waals surface area contributed by atoms with Crippen molar-refractivity contribution < 1.29 is 23.5 Å². The SMILES string of the molecule is O=C(Nc1ccc(CNC(=O)C2CCN(C(=O)CCOc3ccccc3)CC2)cc1)c1ccco1. The second-order valence-corrected chi connectivity index (χ2v) is 8.41. The molecule has 8 nitrogen and oxygen atoms in total. The van der Waals surface area contributed by atoms with Gasteiger partial charge in [-0.25, -0.2) is 0 Å². The summed E-state index contributed by atoms with van der Waals surface area (Å²) in [7, 11) is 0. The molecule has 182 valence electrons. The van der Waals surface area contributed by atoms with Crippen LogP contribution in [0.15, 0.2) is 77.4 Å². The van der Waals surface area contributed by atoms with Crippen LogP contribution in [0.5, 0.6) is 5.75 Å². The van der Waals surface area contributed by atoms with Gasteiger partial charge in [0.05, 0.1) is 19.3 Å². The summed E-state index contributed by atoms with van der Waals surface area (Å²) < 4.78 is 10.7. The maximum atomic E-state index is 12.6. The molecule has 4 rings (SSSR count). The molecule has 2 heterocycles. The molecule has 8 heteroatoms. The van der Waals surface area contributed by atoms with Gasteiger partial charge in [-0.3, -0.25) is 14.4 Å². The monoisotopic (exact) mass is 475 g/mol. The molecule has 0 aliphatic carbocycles. The lowest BCUT2D eigenvalue weighted by Crippen LogP contribution is -2.43. The van der Waals surface area contributed by atoms with Crippen LogP contribution in [0.2, 0.25) is 0 Å². The van der Waals surface area contributed by atoms with E-state index in [2.05, 4.69) is 10.6 Å². The highest BCUT2D eigenvalue weighted by Gasteiger charge is 2.27. The topological polar surface area (TPSA) is 101 Å². The largest absolute Gasteiger partial charge is 0.493 e. The number of anilines is 1. The number of nitrogens with zero attached hydrogens (tertiary/aromatic N) is 1. The molecule has 0 saturated carbocycles. The third-order valence-corrected chi connectivity index (χ3v) is 5.97. The Bertz CT molecular complexity index is 1110. The summed E-state index contributed by atoms with van der Waals surface area (Å²) >= 11 is 0. The van der Waals surface area contributed by atoms with Crippen LogP contribution in [0.4, 0.5) is 5.69 Å².